The van der Waals surface area contributed by atoms with E-state index in [1.807, 2.05) is 0 Å². The molecule has 4 aromatic rings. The second kappa shape index (κ2) is 16.3. The van der Waals surface area contributed by atoms with Crippen molar-refractivity contribution in [2.45, 2.75) is 52.5 Å². The molecule has 216 valence electrons. The maximum absolute atomic E-state index is 2.56. The fourth-order valence-corrected chi connectivity index (χ4v) is 5.17. The van der Waals surface area contributed by atoms with Gasteiger partial charge in [-0.25, -0.2) is 0 Å². The van der Waals surface area contributed by atoms with Gasteiger partial charge in [0.2, 0.25) is 5.52 Å². The third-order valence-corrected chi connectivity index (χ3v) is 7.42. The highest BCUT2D eigenvalue weighted by Gasteiger charge is 2.14. The van der Waals surface area contributed by atoms with Gasteiger partial charge in [-0.15, -0.1) is 0 Å². The monoisotopic (exact) mass is 667 g/mol. The zero-order chi connectivity index (χ0) is 27.0. The molecule has 0 radical (unpaired) electrons. The average Bonchev–Trinajstić information content (AvgIpc) is 2.91. The molecule has 0 aliphatic heterocycles. The average molecular weight is 670 g/mol. The lowest BCUT2D eigenvalue weighted by atomic mass is 10.0. The van der Waals surface area contributed by atoms with Crippen LogP contribution >= 0.6 is 0 Å². The molecule has 0 amide bonds. The molecule has 3 aromatic carbocycles. The summed E-state index contributed by atoms with van der Waals surface area (Å²) in [5.74, 6) is 0. The fourth-order valence-electron chi connectivity index (χ4n) is 5.17. The molecule has 0 N–H and O–H groups in total. The van der Waals surface area contributed by atoms with E-state index in [9.17, 15) is 0 Å². The van der Waals surface area contributed by atoms with Crippen molar-refractivity contribution in [1.82, 2.24) is 0 Å². The van der Waals surface area contributed by atoms with E-state index < -0.39 is 0 Å². The first kappa shape index (κ1) is 34.0. The third kappa shape index (κ3) is 9.43. The van der Waals surface area contributed by atoms with Crippen LogP contribution in [0.15, 0.2) is 72.9 Å². The highest BCUT2D eigenvalue weighted by atomic mass is 79.9. The standard InChI is InChI=1S/C35H47N3.2BrH/c1-6-8-22-36(23-9-7-2)33-20-19-31-27-29(16-18-32(31)28-33)15-17-30-21-25-37(24-12-26-38(3,4)5)35-14-11-10-13-34(30)35;;/h10-11,13-21,25,27-28H,6-9,12,22-24,26H2,1-5H3;2*1H/q+2;;/p-2. The molecule has 0 atom stereocenters. The number of pyridine rings is 1. The molecule has 0 bridgehead atoms. The molecular weight excluding hydrogens is 622 g/mol. The van der Waals surface area contributed by atoms with E-state index >= 15 is 0 Å². The summed E-state index contributed by atoms with van der Waals surface area (Å²) in [7, 11) is 6.79. The fraction of sp³-hybridized carbons (Fsp3) is 0.400. The highest BCUT2D eigenvalue weighted by Crippen LogP contribution is 2.25. The van der Waals surface area contributed by atoms with Gasteiger partial charge in [0.15, 0.2) is 12.7 Å². The maximum Gasteiger partial charge on any atom is 0.213 e. The van der Waals surface area contributed by atoms with Crippen LogP contribution in [-0.2, 0) is 6.54 Å². The van der Waals surface area contributed by atoms with Gasteiger partial charge in [0.05, 0.1) is 39.5 Å². The Labute approximate surface area is 263 Å². The van der Waals surface area contributed by atoms with Crippen LogP contribution in [0.5, 0.6) is 0 Å². The minimum absolute atomic E-state index is 0. The second-order valence-electron chi connectivity index (χ2n) is 11.7. The Bertz CT molecular complexity index is 1370. The van der Waals surface area contributed by atoms with Gasteiger partial charge in [-0.3, -0.25) is 0 Å². The van der Waals surface area contributed by atoms with Crippen molar-refractivity contribution in [3.05, 3.63) is 84.1 Å². The Morgan fingerprint density at radius 1 is 0.750 bits per heavy atom. The van der Waals surface area contributed by atoms with Crippen LogP contribution in [0.1, 0.15) is 57.1 Å². The Balaban J connectivity index is 0.00000280. The summed E-state index contributed by atoms with van der Waals surface area (Å²) in [4.78, 5) is 2.56. The maximum atomic E-state index is 2.56. The molecule has 0 aliphatic carbocycles. The van der Waals surface area contributed by atoms with Gasteiger partial charge in [0.1, 0.15) is 0 Å². The molecule has 0 saturated heterocycles. The number of aryl methyl sites for hydroxylation is 1. The van der Waals surface area contributed by atoms with Crippen molar-refractivity contribution < 1.29 is 43.0 Å². The molecule has 5 heteroatoms. The number of halogens is 2. The molecule has 0 spiro atoms. The number of aromatic nitrogens is 1. The normalized spacial score (nSPS) is 11.5. The summed E-state index contributed by atoms with van der Waals surface area (Å²) >= 11 is 0. The van der Waals surface area contributed by atoms with Crippen LogP contribution in [0, 0.1) is 0 Å². The second-order valence-corrected chi connectivity index (χ2v) is 11.7. The van der Waals surface area contributed by atoms with Gasteiger partial charge in [0, 0.05) is 30.9 Å². The van der Waals surface area contributed by atoms with Crippen molar-refractivity contribution in [1.29, 1.82) is 0 Å². The number of nitrogens with zero attached hydrogens (tertiary/aromatic N) is 3. The largest absolute Gasteiger partial charge is 1.00 e. The van der Waals surface area contributed by atoms with E-state index in [2.05, 4.69) is 130 Å². The quantitative estimate of drug-likeness (QED) is 0.156. The number of unbranched alkanes of at least 4 members (excludes halogenated alkanes) is 2. The number of hydrogen-bond acceptors (Lipinski definition) is 1. The summed E-state index contributed by atoms with van der Waals surface area (Å²) in [5.41, 5.74) is 5.16. The summed E-state index contributed by atoms with van der Waals surface area (Å²) in [6, 6.07) is 24.9. The number of hydrogen-bond donors (Lipinski definition) is 0. The minimum atomic E-state index is 0. The topological polar surface area (TPSA) is 7.12 Å². The van der Waals surface area contributed by atoms with Gasteiger partial charge < -0.3 is 43.3 Å². The number of benzene rings is 3. The lowest BCUT2D eigenvalue weighted by Gasteiger charge is -2.25. The molecule has 40 heavy (non-hydrogen) atoms. The number of quaternary nitrogens is 1. The predicted molar refractivity (Wildman–Crippen MR) is 167 cm³/mol. The first-order chi connectivity index (χ1) is 18.4. The molecule has 3 nitrogen and oxygen atoms in total. The van der Waals surface area contributed by atoms with E-state index in [0.717, 1.165) is 24.1 Å². The first-order valence-corrected chi connectivity index (χ1v) is 14.6. The van der Waals surface area contributed by atoms with Crippen molar-refractivity contribution in [3.63, 3.8) is 0 Å². The lowest BCUT2D eigenvalue weighted by Crippen LogP contribution is -3.00. The minimum Gasteiger partial charge on any atom is -1.00 e. The Morgan fingerprint density at radius 2 is 1.43 bits per heavy atom. The summed E-state index contributed by atoms with van der Waals surface area (Å²) in [5, 5.41) is 3.92. The van der Waals surface area contributed by atoms with Crippen LogP contribution in [0.25, 0.3) is 33.8 Å². The Morgan fingerprint density at radius 3 is 2.12 bits per heavy atom. The Hall–Kier alpha value is -2.21. The molecular formula is C35H47Br2N3. The van der Waals surface area contributed by atoms with E-state index in [1.54, 1.807) is 0 Å². The van der Waals surface area contributed by atoms with Gasteiger partial charge in [-0.05, 0) is 59.0 Å². The highest BCUT2D eigenvalue weighted by molar-refractivity contribution is 5.91. The number of para-hydroxylation sites is 1. The van der Waals surface area contributed by atoms with Crippen LogP contribution in [0.4, 0.5) is 5.69 Å². The van der Waals surface area contributed by atoms with Crippen LogP contribution in [0.2, 0.25) is 0 Å². The van der Waals surface area contributed by atoms with Crippen molar-refractivity contribution >= 4 is 39.5 Å². The summed E-state index contributed by atoms with van der Waals surface area (Å²) in [6.45, 7) is 9.05. The van der Waals surface area contributed by atoms with Crippen molar-refractivity contribution in [3.8, 4) is 0 Å². The van der Waals surface area contributed by atoms with E-state index in [-0.39, 0.29) is 34.0 Å². The zero-order valence-electron chi connectivity index (χ0n) is 25.0. The Kier molecular flexibility index (Phi) is 13.8. The number of anilines is 1. The number of rotatable bonds is 13. The van der Waals surface area contributed by atoms with E-state index in [4.69, 9.17) is 0 Å². The van der Waals surface area contributed by atoms with E-state index in [0.29, 0.717) is 0 Å². The smallest absolute Gasteiger partial charge is 0.213 e. The summed E-state index contributed by atoms with van der Waals surface area (Å²) < 4.78 is 3.41. The molecule has 1 aromatic heterocycles. The van der Waals surface area contributed by atoms with Crippen molar-refractivity contribution in [2.75, 3.05) is 45.7 Å². The molecule has 0 unspecified atom stereocenters. The lowest BCUT2D eigenvalue weighted by molar-refractivity contribution is -0.873. The molecule has 0 aliphatic rings. The van der Waals surface area contributed by atoms with Gasteiger partial charge in [-0.2, -0.15) is 4.57 Å². The zero-order valence-corrected chi connectivity index (χ0v) is 28.2. The van der Waals surface area contributed by atoms with Gasteiger partial charge in [0.25, 0.3) is 0 Å². The third-order valence-electron chi connectivity index (χ3n) is 7.42. The predicted octanol–water partition coefficient (Wildman–Crippen LogP) is 1.96. The molecule has 0 fully saturated rings. The van der Waals surface area contributed by atoms with E-state index in [1.165, 1.54) is 77.1 Å². The van der Waals surface area contributed by atoms with Gasteiger partial charge in [-0.1, -0.05) is 69.2 Å². The van der Waals surface area contributed by atoms with Crippen LogP contribution in [0.3, 0.4) is 0 Å². The molecule has 0 saturated carbocycles. The van der Waals surface area contributed by atoms with Gasteiger partial charge >= 0.3 is 0 Å². The summed E-state index contributed by atoms with van der Waals surface area (Å²) in [6.07, 6.45) is 12.9. The SMILES string of the molecule is CCCCN(CCCC)c1ccc2cc(/C=C/c3cc[n+](CCC[N+](C)(C)C)c4ccccc34)ccc2c1.[Br-].[Br-]. The first-order valence-electron chi connectivity index (χ1n) is 14.6. The molecule has 1 heterocycles. The molecule has 4 rings (SSSR count). The van der Waals surface area contributed by atoms with Crippen molar-refractivity contribution in [2.24, 2.45) is 0 Å². The number of fused-ring (bicyclic) bond motifs is 2. The van der Waals surface area contributed by atoms with Crippen LogP contribution < -0.4 is 43.4 Å². The van der Waals surface area contributed by atoms with Crippen LogP contribution in [-0.4, -0.2) is 45.3 Å².